The first-order valence-electron chi connectivity index (χ1n) is 9.20. The number of aryl methyl sites for hydroxylation is 1. The third-order valence-electron chi connectivity index (χ3n) is 4.59. The predicted molar refractivity (Wildman–Crippen MR) is 115 cm³/mol. The molecule has 0 saturated heterocycles. The Hall–Kier alpha value is -2.31. The van der Waals surface area contributed by atoms with Crippen LogP contribution in [0.5, 0.6) is 0 Å². The zero-order valence-corrected chi connectivity index (χ0v) is 17.6. The van der Waals surface area contributed by atoms with Crippen molar-refractivity contribution in [3.05, 3.63) is 69.0 Å². The van der Waals surface area contributed by atoms with Crippen LogP contribution in [0.4, 0.5) is 0 Å². The van der Waals surface area contributed by atoms with E-state index in [1.807, 2.05) is 53.8 Å². The van der Waals surface area contributed by atoms with Gasteiger partial charge in [0.1, 0.15) is 0 Å². The molecule has 4 aromatic rings. The van der Waals surface area contributed by atoms with Crippen LogP contribution in [-0.2, 0) is 12.3 Å². The summed E-state index contributed by atoms with van der Waals surface area (Å²) in [7, 11) is 0. The molecular weight excluding hydrogens is 392 g/mol. The highest BCUT2D eigenvalue weighted by Gasteiger charge is 2.18. The standard InChI is InChI=1S/C21H21ClN4OS/c1-13(2)11-25-19(27)16-10-14(3)8-9-18(16)26-20(25)23-24-21(26)28-12-15-6-4-5-7-17(15)22/h4-10,13H,11-12H2,1-3H3. The van der Waals surface area contributed by atoms with E-state index in [2.05, 4.69) is 24.0 Å². The van der Waals surface area contributed by atoms with Gasteiger partial charge in [-0.3, -0.25) is 13.8 Å². The van der Waals surface area contributed by atoms with Crippen LogP contribution in [0.25, 0.3) is 16.7 Å². The third-order valence-corrected chi connectivity index (χ3v) is 5.94. The van der Waals surface area contributed by atoms with Gasteiger partial charge in [-0.2, -0.15) is 0 Å². The van der Waals surface area contributed by atoms with Crippen LogP contribution in [0.2, 0.25) is 5.02 Å². The number of benzene rings is 2. The Labute approximate surface area is 172 Å². The van der Waals surface area contributed by atoms with Gasteiger partial charge < -0.3 is 0 Å². The van der Waals surface area contributed by atoms with E-state index in [1.54, 1.807) is 16.3 Å². The maximum atomic E-state index is 13.1. The van der Waals surface area contributed by atoms with Gasteiger partial charge in [0.2, 0.25) is 5.78 Å². The van der Waals surface area contributed by atoms with Crippen LogP contribution in [0, 0.1) is 12.8 Å². The van der Waals surface area contributed by atoms with Crippen molar-refractivity contribution in [2.45, 2.75) is 38.2 Å². The topological polar surface area (TPSA) is 52.2 Å². The Morgan fingerprint density at radius 1 is 1.14 bits per heavy atom. The summed E-state index contributed by atoms with van der Waals surface area (Å²) in [6.45, 7) is 6.77. The van der Waals surface area contributed by atoms with Crippen LogP contribution in [0.3, 0.4) is 0 Å². The smallest absolute Gasteiger partial charge is 0.262 e. The van der Waals surface area contributed by atoms with Gasteiger partial charge in [-0.25, -0.2) is 0 Å². The van der Waals surface area contributed by atoms with Crippen LogP contribution >= 0.6 is 23.4 Å². The molecule has 4 rings (SSSR count). The first-order valence-corrected chi connectivity index (χ1v) is 10.6. The fourth-order valence-electron chi connectivity index (χ4n) is 3.28. The first-order chi connectivity index (χ1) is 13.5. The molecule has 0 spiro atoms. The molecule has 0 radical (unpaired) electrons. The summed E-state index contributed by atoms with van der Waals surface area (Å²) >= 11 is 7.86. The first kappa shape index (κ1) is 19.0. The molecule has 5 nitrogen and oxygen atoms in total. The minimum Gasteiger partial charge on any atom is -0.276 e. The van der Waals surface area contributed by atoms with Gasteiger partial charge in [0.25, 0.3) is 5.56 Å². The summed E-state index contributed by atoms with van der Waals surface area (Å²) in [5.74, 6) is 1.58. The maximum absolute atomic E-state index is 13.1. The minimum absolute atomic E-state index is 0.0186. The normalized spacial score (nSPS) is 11.8. The molecule has 0 aliphatic rings. The Balaban J connectivity index is 1.89. The van der Waals surface area contributed by atoms with Gasteiger partial charge in [-0.1, -0.05) is 67.0 Å². The van der Waals surface area contributed by atoms with E-state index in [9.17, 15) is 4.79 Å². The molecule has 2 aromatic carbocycles. The van der Waals surface area contributed by atoms with Gasteiger partial charge in [-0.15, -0.1) is 10.2 Å². The summed E-state index contributed by atoms with van der Waals surface area (Å²) in [6, 6.07) is 13.7. The predicted octanol–water partition coefficient (Wildman–Crippen LogP) is 4.95. The number of rotatable bonds is 5. The summed E-state index contributed by atoms with van der Waals surface area (Å²) in [5, 5.41) is 10.9. The van der Waals surface area contributed by atoms with Crippen molar-refractivity contribution in [2.75, 3.05) is 0 Å². The zero-order chi connectivity index (χ0) is 19.8. The molecule has 0 unspecified atom stereocenters. The number of hydrogen-bond acceptors (Lipinski definition) is 4. The molecule has 144 valence electrons. The molecule has 28 heavy (non-hydrogen) atoms. The number of aromatic nitrogens is 4. The number of fused-ring (bicyclic) bond motifs is 3. The monoisotopic (exact) mass is 412 g/mol. The van der Waals surface area contributed by atoms with E-state index < -0.39 is 0 Å². The van der Waals surface area contributed by atoms with E-state index >= 15 is 0 Å². The molecule has 0 N–H and O–H groups in total. The van der Waals surface area contributed by atoms with Crippen molar-refractivity contribution in [1.82, 2.24) is 19.2 Å². The second-order valence-corrected chi connectivity index (χ2v) is 8.68. The Morgan fingerprint density at radius 3 is 2.68 bits per heavy atom. The number of nitrogens with zero attached hydrogens (tertiary/aromatic N) is 4. The lowest BCUT2D eigenvalue weighted by Gasteiger charge is -2.13. The average molecular weight is 413 g/mol. The lowest BCUT2D eigenvalue weighted by Crippen LogP contribution is -2.25. The molecule has 2 aromatic heterocycles. The van der Waals surface area contributed by atoms with Gasteiger partial charge >= 0.3 is 0 Å². The summed E-state index contributed by atoms with van der Waals surface area (Å²) < 4.78 is 3.72. The lowest BCUT2D eigenvalue weighted by atomic mass is 10.1. The molecule has 0 atom stereocenters. The van der Waals surface area contributed by atoms with Crippen LogP contribution < -0.4 is 5.56 Å². The van der Waals surface area contributed by atoms with Crippen molar-refractivity contribution in [3.8, 4) is 0 Å². The van der Waals surface area contributed by atoms with Crippen molar-refractivity contribution in [1.29, 1.82) is 0 Å². The highest BCUT2D eigenvalue weighted by atomic mass is 35.5. The van der Waals surface area contributed by atoms with E-state index in [4.69, 9.17) is 11.6 Å². The summed E-state index contributed by atoms with van der Waals surface area (Å²) in [5.41, 5.74) is 2.91. The molecular formula is C21H21ClN4OS. The fourth-order valence-corrected chi connectivity index (χ4v) is 4.51. The van der Waals surface area contributed by atoms with Crippen molar-refractivity contribution >= 4 is 40.0 Å². The Bertz CT molecular complexity index is 1230. The maximum Gasteiger partial charge on any atom is 0.262 e. The molecule has 0 aliphatic heterocycles. The second-order valence-electron chi connectivity index (χ2n) is 7.33. The molecule has 0 bridgehead atoms. The Kier molecular flexibility index (Phi) is 5.17. The van der Waals surface area contributed by atoms with E-state index in [0.29, 0.717) is 29.4 Å². The number of thioether (sulfide) groups is 1. The lowest BCUT2D eigenvalue weighted by molar-refractivity contribution is 0.517. The van der Waals surface area contributed by atoms with Crippen molar-refractivity contribution < 1.29 is 0 Å². The Morgan fingerprint density at radius 2 is 1.93 bits per heavy atom. The molecule has 0 amide bonds. The quantitative estimate of drug-likeness (QED) is 0.435. The molecule has 0 aliphatic carbocycles. The van der Waals surface area contributed by atoms with Crippen LogP contribution in [-0.4, -0.2) is 19.2 Å². The van der Waals surface area contributed by atoms with Crippen molar-refractivity contribution in [3.63, 3.8) is 0 Å². The van der Waals surface area contributed by atoms with E-state index in [1.165, 1.54) is 0 Å². The van der Waals surface area contributed by atoms with E-state index in [0.717, 1.165) is 26.8 Å². The minimum atomic E-state index is -0.0186. The van der Waals surface area contributed by atoms with Gasteiger partial charge in [0, 0.05) is 17.3 Å². The SMILES string of the molecule is Cc1ccc2c(c1)c(=O)n(CC(C)C)c1nnc(SCc3ccccc3Cl)n21. The highest BCUT2D eigenvalue weighted by Crippen LogP contribution is 2.27. The second kappa shape index (κ2) is 7.60. The number of hydrogen-bond donors (Lipinski definition) is 0. The van der Waals surface area contributed by atoms with Gasteiger partial charge in [0.15, 0.2) is 5.16 Å². The molecule has 2 heterocycles. The van der Waals surface area contributed by atoms with Gasteiger partial charge in [0.05, 0.1) is 10.9 Å². The number of halogens is 1. The third kappa shape index (κ3) is 3.42. The average Bonchev–Trinajstić information content (AvgIpc) is 3.08. The molecule has 0 saturated carbocycles. The van der Waals surface area contributed by atoms with Crippen LogP contribution in [0.1, 0.15) is 25.0 Å². The van der Waals surface area contributed by atoms with Crippen LogP contribution in [0.15, 0.2) is 52.4 Å². The van der Waals surface area contributed by atoms with E-state index in [-0.39, 0.29) is 5.56 Å². The molecule has 0 fully saturated rings. The fraction of sp³-hybridized carbons (Fsp3) is 0.286. The van der Waals surface area contributed by atoms with Crippen molar-refractivity contribution in [2.24, 2.45) is 5.92 Å². The molecule has 7 heteroatoms. The largest absolute Gasteiger partial charge is 0.276 e. The summed E-state index contributed by atoms with van der Waals surface area (Å²) in [4.78, 5) is 13.1. The van der Waals surface area contributed by atoms with Gasteiger partial charge in [-0.05, 0) is 36.6 Å². The highest BCUT2D eigenvalue weighted by molar-refractivity contribution is 7.98. The summed E-state index contributed by atoms with van der Waals surface area (Å²) in [6.07, 6.45) is 0. The zero-order valence-electron chi connectivity index (χ0n) is 16.0.